The minimum atomic E-state index is 0.551. The van der Waals surface area contributed by atoms with Crippen LogP contribution in [0.5, 0.6) is 17.2 Å². The molecule has 1 aliphatic heterocycles. The van der Waals surface area contributed by atoms with Crippen LogP contribution < -0.4 is 14.2 Å². The molecule has 0 saturated heterocycles. The Labute approximate surface area is 129 Å². The summed E-state index contributed by atoms with van der Waals surface area (Å²) in [6.07, 6.45) is 0. The van der Waals surface area contributed by atoms with Crippen molar-refractivity contribution in [2.24, 2.45) is 0 Å². The Morgan fingerprint density at radius 3 is 2.55 bits per heavy atom. The van der Waals surface area contributed by atoms with E-state index in [1.807, 2.05) is 24.3 Å². The molecular formula is C19H16O3. The molecule has 0 aromatic heterocycles. The Hall–Kier alpha value is -2.68. The van der Waals surface area contributed by atoms with Crippen molar-refractivity contribution < 1.29 is 14.2 Å². The van der Waals surface area contributed by atoms with Crippen LogP contribution in [0.4, 0.5) is 0 Å². The molecule has 0 spiro atoms. The minimum Gasteiger partial charge on any atom is -0.497 e. The average Bonchev–Trinajstić information content (AvgIpc) is 2.59. The van der Waals surface area contributed by atoms with Gasteiger partial charge in [0.15, 0.2) is 0 Å². The fraction of sp³-hybridized carbons (Fsp3) is 0.158. The van der Waals surface area contributed by atoms with Gasteiger partial charge in [-0.3, -0.25) is 0 Å². The largest absolute Gasteiger partial charge is 0.497 e. The Kier molecular flexibility index (Phi) is 2.93. The molecule has 4 rings (SSSR count). The third kappa shape index (κ3) is 1.82. The highest BCUT2D eigenvalue weighted by molar-refractivity contribution is 5.99. The van der Waals surface area contributed by atoms with Crippen LogP contribution in [-0.4, -0.2) is 14.2 Å². The van der Waals surface area contributed by atoms with Crippen molar-refractivity contribution in [2.45, 2.75) is 6.61 Å². The van der Waals surface area contributed by atoms with Gasteiger partial charge in [0.2, 0.25) is 0 Å². The first-order valence-electron chi connectivity index (χ1n) is 7.21. The van der Waals surface area contributed by atoms with E-state index in [1.54, 1.807) is 14.2 Å². The van der Waals surface area contributed by atoms with Crippen molar-refractivity contribution in [3.8, 4) is 28.4 Å². The summed E-state index contributed by atoms with van der Waals surface area (Å²) in [5, 5.41) is 2.15. The van der Waals surface area contributed by atoms with Gasteiger partial charge in [-0.05, 0) is 35.9 Å². The smallest absolute Gasteiger partial charge is 0.135 e. The van der Waals surface area contributed by atoms with Gasteiger partial charge >= 0.3 is 0 Å². The topological polar surface area (TPSA) is 27.7 Å². The first-order valence-corrected chi connectivity index (χ1v) is 7.21. The maximum Gasteiger partial charge on any atom is 0.135 e. The van der Waals surface area contributed by atoms with E-state index < -0.39 is 0 Å². The minimum absolute atomic E-state index is 0.551. The third-order valence-electron chi connectivity index (χ3n) is 4.17. The van der Waals surface area contributed by atoms with E-state index in [4.69, 9.17) is 14.2 Å². The Morgan fingerprint density at radius 1 is 0.864 bits per heavy atom. The van der Waals surface area contributed by atoms with Gasteiger partial charge in [-0.15, -0.1) is 0 Å². The molecular weight excluding hydrogens is 276 g/mol. The van der Waals surface area contributed by atoms with Crippen LogP contribution >= 0.6 is 0 Å². The van der Waals surface area contributed by atoms with Crippen molar-refractivity contribution in [1.82, 2.24) is 0 Å². The molecule has 3 nitrogen and oxygen atoms in total. The standard InChI is InChI=1S/C19H16O3/c1-20-13-6-7-14-12(10-13)11-22-19-16-4-3-5-18(21-2)15(16)8-9-17(14)19/h3-10H,11H2,1-2H3. The third-order valence-corrected chi connectivity index (χ3v) is 4.17. The number of ether oxygens (including phenoxy) is 3. The number of rotatable bonds is 2. The molecule has 0 atom stereocenters. The second-order valence-electron chi connectivity index (χ2n) is 5.31. The first kappa shape index (κ1) is 13.0. The summed E-state index contributed by atoms with van der Waals surface area (Å²) in [5.74, 6) is 2.65. The highest BCUT2D eigenvalue weighted by atomic mass is 16.5. The van der Waals surface area contributed by atoms with Gasteiger partial charge in [0.05, 0.1) is 14.2 Å². The van der Waals surface area contributed by atoms with E-state index in [0.29, 0.717) is 6.61 Å². The molecule has 0 saturated carbocycles. The van der Waals surface area contributed by atoms with Crippen molar-refractivity contribution >= 4 is 10.8 Å². The maximum atomic E-state index is 6.05. The lowest BCUT2D eigenvalue weighted by molar-refractivity contribution is 0.305. The van der Waals surface area contributed by atoms with E-state index in [2.05, 4.69) is 24.3 Å². The van der Waals surface area contributed by atoms with E-state index >= 15 is 0 Å². The van der Waals surface area contributed by atoms with Gasteiger partial charge < -0.3 is 14.2 Å². The summed E-state index contributed by atoms with van der Waals surface area (Å²) in [4.78, 5) is 0. The fourth-order valence-corrected chi connectivity index (χ4v) is 3.08. The molecule has 0 radical (unpaired) electrons. The zero-order valence-corrected chi connectivity index (χ0v) is 12.6. The molecule has 1 aliphatic rings. The first-order chi connectivity index (χ1) is 10.8. The summed E-state index contributed by atoms with van der Waals surface area (Å²) >= 11 is 0. The monoisotopic (exact) mass is 292 g/mol. The average molecular weight is 292 g/mol. The number of benzene rings is 3. The summed E-state index contributed by atoms with van der Waals surface area (Å²) in [6, 6.07) is 16.4. The highest BCUT2D eigenvalue weighted by Crippen LogP contribution is 2.44. The highest BCUT2D eigenvalue weighted by Gasteiger charge is 2.20. The summed E-state index contributed by atoms with van der Waals surface area (Å²) < 4.78 is 16.8. The number of hydrogen-bond acceptors (Lipinski definition) is 3. The van der Waals surface area contributed by atoms with Gasteiger partial charge in [0, 0.05) is 21.9 Å². The Bertz CT molecular complexity index is 868. The molecule has 0 amide bonds. The van der Waals surface area contributed by atoms with Crippen LogP contribution in [0.15, 0.2) is 48.5 Å². The van der Waals surface area contributed by atoms with Gasteiger partial charge in [-0.1, -0.05) is 18.2 Å². The summed E-state index contributed by atoms with van der Waals surface area (Å²) in [7, 11) is 3.37. The SMILES string of the molecule is COc1ccc2c(c1)COc1c-2ccc2c(OC)cccc12. The predicted octanol–water partition coefficient (Wildman–Crippen LogP) is 4.42. The second kappa shape index (κ2) is 4.95. The van der Waals surface area contributed by atoms with Gasteiger partial charge in [0.1, 0.15) is 23.9 Å². The van der Waals surface area contributed by atoms with Crippen LogP contribution in [0, 0.1) is 0 Å². The molecule has 22 heavy (non-hydrogen) atoms. The van der Waals surface area contributed by atoms with E-state index in [9.17, 15) is 0 Å². The lowest BCUT2D eigenvalue weighted by Gasteiger charge is -2.23. The number of hydrogen-bond donors (Lipinski definition) is 0. The molecule has 0 N–H and O–H groups in total. The lowest BCUT2D eigenvalue weighted by Crippen LogP contribution is -2.06. The van der Waals surface area contributed by atoms with Crippen molar-refractivity contribution in [2.75, 3.05) is 14.2 Å². The van der Waals surface area contributed by atoms with Crippen LogP contribution in [0.3, 0.4) is 0 Å². The van der Waals surface area contributed by atoms with Crippen LogP contribution in [0.2, 0.25) is 0 Å². The van der Waals surface area contributed by atoms with Gasteiger partial charge in [-0.2, -0.15) is 0 Å². The molecule has 3 aromatic carbocycles. The second-order valence-corrected chi connectivity index (χ2v) is 5.31. The Morgan fingerprint density at radius 2 is 1.73 bits per heavy atom. The summed E-state index contributed by atoms with van der Waals surface area (Å²) in [5.41, 5.74) is 3.46. The molecule has 3 heteroatoms. The predicted molar refractivity (Wildman–Crippen MR) is 86.8 cm³/mol. The van der Waals surface area contributed by atoms with E-state index in [1.165, 1.54) is 5.56 Å². The molecule has 1 heterocycles. The van der Waals surface area contributed by atoms with Gasteiger partial charge in [0.25, 0.3) is 0 Å². The molecule has 0 fully saturated rings. The van der Waals surface area contributed by atoms with Crippen LogP contribution in [-0.2, 0) is 6.61 Å². The van der Waals surface area contributed by atoms with Gasteiger partial charge in [-0.25, -0.2) is 0 Å². The quantitative estimate of drug-likeness (QED) is 0.700. The Balaban J connectivity index is 1.97. The number of fused-ring (bicyclic) bond motifs is 5. The van der Waals surface area contributed by atoms with Crippen molar-refractivity contribution in [3.05, 3.63) is 54.1 Å². The van der Waals surface area contributed by atoms with Crippen LogP contribution in [0.25, 0.3) is 21.9 Å². The van der Waals surface area contributed by atoms with Crippen molar-refractivity contribution in [3.63, 3.8) is 0 Å². The van der Waals surface area contributed by atoms with Crippen LogP contribution in [0.1, 0.15) is 5.56 Å². The van der Waals surface area contributed by atoms with E-state index in [-0.39, 0.29) is 0 Å². The molecule has 0 bridgehead atoms. The zero-order valence-electron chi connectivity index (χ0n) is 12.6. The summed E-state index contributed by atoms with van der Waals surface area (Å²) in [6.45, 7) is 0.551. The lowest BCUT2D eigenvalue weighted by atomic mass is 9.93. The van der Waals surface area contributed by atoms with Crippen molar-refractivity contribution in [1.29, 1.82) is 0 Å². The number of methoxy groups -OCH3 is 2. The van der Waals surface area contributed by atoms with E-state index in [0.717, 1.165) is 39.1 Å². The molecule has 110 valence electrons. The molecule has 0 unspecified atom stereocenters. The molecule has 0 aliphatic carbocycles. The fourth-order valence-electron chi connectivity index (χ4n) is 3.08. The normalized spacial score (nSPS) is 12.3. The maximum absolute atomic E-state index is 6.05. The zero-order chi connectivity index (χ0) is 15.1. The molecule has 3 aromatic rings.